The minimum atomic E-state index is -3.39. The highest BCUT2D eigenvalue weighted by atomic mass is 32.2. The Morgan fingerprint density at radius 3 is 2.43 bits per heavy atom. The Morgan fingerprint density at radius 2 is 1.77 bits per heavy atom. The van der Waals surface area contributed by atoms with Gasteiger partial charge >= 0.3 is 0 Å². The lowest BCUT2D eigenvalue weighted by Gasteiger charge is -2.26. The van der Waals surface area contributed by atoms with Gasteiger partial charge in [-0.1, -0.05) is 56.3 Å². The summed E-state index contributed by atoms with van der Waals surface area (Å²) in [6.07, 6.45) is 0.0568. The number of benzene rings is 2. The van der Waals surface area contributed by atoms with Gasteiger partial charge in [-0.2, -0.15) is 0 Å². The fourth-order valence-corrected chi connectivity index (χ4v) is 5.38. The normalized spacial score (nSPS) is 14.3. The summed E-state index contributed by atoms with van der Waals surface area (Å²) in [4.78, 5) is 12.8. The largest absolute Gasteiger partial charge is 0.497 e. The number of aliphatic hydroxyl groups is 1. The molecule has 0 saturated carbocycles. The number of ether oxygens (including phenoxy) is 1. The van der Waals surface area contributed by atoms with E-state index < -0.39 is 33.8 Å². The van der Waals surface area contributed by atoms with Gasteiger partial charge in [0.05, 0.1) is 36.7 Å². The summed E-state index contributed by atoms with van der Waals surface area (Å²) in [5.41, 5.74) is 1.96. The van der Waals surface area contributed by atoms with Crippen LogP contribution in [-0.2, 0) is 27.6 Å². The van der Waals surface area contributed by atoms with Gasteiger partial charge in [0.25, 0.3) is 0 Å². The first-order valence-corrected chi connectivity index (χ1v) is 13.8. The summed E-state index contributed by atoms with van der Waals surface area (Å²) < 4.78 is 30.0. The van der Waals surface area contributed by atoms with Gasteiger partial charge in [-0.05, 0) is 48.9 Å². The quantitative estimate of drug-likeness (QED) is 0.345. The molecule has 0 aliphatic carbocycles. The van der Waals surface area contributed by atoms with Crippen molar-refractivity contribution in [2.75, 3.05) is 25.2 Å². The molecular formula is C27H39N2O5S. The molecule has 0 spiro atoms. The lowest BCUT2D eigenvalue weighted by molar-refractivity contribution is -0.124. The number of methoxy groups -OCH3 is 1. The molecule has 0 aromatic heterocycles. The number of nitrogens with one attached hydrogen (secondary N) is 2. The average molecular weight is 504 g/mol. The van der Waals surface area contributed by atoms with Crippen molar-refractivity contribution in [3.63, 3.8) is 0 Å². The zero-order valence-electron chi connectivity index (χ0n) is 20.9. The summed E-state index contributed by atoms with van der Waals surface area (Å²) in [5, 5.41) is 17.0. The zero-order valence-corrected chi connectivity index (χ0v) is 21.8. The monoisotopic (exact) mass is 503 g/mol. The lowest BCUT2D eigenvalue weighted by atomic mass is 10.00. The summed E-state index contributed by atoms with van der Waals surface area (Å²) in [6, 6.07) is 16.6. The Bertz CT molecular complexity index is 1010. The number of amides is 1. The summed E-state index contributed by atoms with van der Waals surface area (Å²) >= 11 is 0. The predicted octanol–water partition coefficient (Wildman–Crippen LogP) is 2.78. The van der Waals surface area contributed by atoms with Crippen molar-refractivity contribution in [3.8, 4) is 5.75 Å². The molecule has 0 fully saturated rings. The molecule has 7 nitrogen and oxygen atoms in total. The van der Waals surface area contributed by atoms with Crippen molar-refractivity contribution in [1.29, 1.82) is 0 Å². The van der Waals surface area contributed by atoms with E-state index in [-0.39, 0.29) is 24.0 Å². The fraction of sp³-hybridized carbons (Fsp3) is 0.481. The molecule has 0 saturated heterocycles. The van der Waals surface area contributed by atoms with Gasteiger partial charge < -0.3 is 20.5 Å². The molecule has 3 atom stereocenters. The van der Waals surface area contributed by atoms with E-state index >= 15 is 0 Å². The van der Waals surface area contributed by atoms with Crippen molar-refractivity contribution < 1.29 is 23.1 Å². The number of hydrogen-bond acceptors (Lipinski definition) is 6. The summed E-state index contributed by atoms with van der Waals surface area (Å²) in [5.74, 6) is -0.698. The van der Waals surface area contributed by atoms with Gasteiger partial charge in [0.2, 0.25) is 5.91 Å². The molecule has 8 heteroatoms. The second-order valence-electron chi connectivity index (χ2n) is 9.35. The van der Waals surface area contributed by atoms with E-state index in [0.717, 1.165) is 16.9 Å². The number of carbonyl (C=O) groups is 1. The molecule has 3 N–H and O–H groups in total. The third kappa shape index (κ3) is 10.8. The highest BCUT2D eigenvalue weighted by Gasteiger charge is 2.27. The number of sulfone groups is 1. The third-order valence-electron chi connectivity index (χ3n) is 5.74. The van der Waals surface area contributed by atoms with Crippen molar-refractivity contribution in [1.82, 2.24) is 10.6 Å². The first-order chi connectivity index (χ1) is 16.6. The molecule has 1 amide bonds. The van der Waals surface area contributed by atoms with Crippen LogP contribution in [0.3, 0.4) is 0 Å². The van der Waals surface area contributed by atoms with Gasteiger partial charge in [-0.15, -0.1) is 0 Å². The zero-order chi connectivity index (χ0) is 25.8. The van der Waals surface area contributed by atoms with E-state index in [4.69, 9.17) is 4.74 Å². The molecule has 2 aromatic rings. The number of carbonyl (C=O) groups excluding carboxylic acids is 1. The average Bonchev–Trinajstić information content (AvgIpc) is 2.82. The predicted molar refractivity (Wildman–Crippen MR) is 140 cm³/mol. The van der Waals surface area contributed by atoms with Gasteiger partial charge in [0.1, 0.15) is 5.75 Å². The Labute approximate surface area is 210 Å². The highest BCUT2D eigenvalue weighted by Crippen LogP contribution is 2.13. The van der Waals surface area contributed by atoms with Crippen molar-refractivity contribution in [3.05, 3.63) is 72.6 Å². The van der Waals surface area contributed by atoms with Crippen LogP contribution in [0, 0.1) is 18.8 Å². The van der Waals surface area contributed by atoms with Crippen LogP contribution < -0.4 is 15.4 Å². The third-order valence-corrected chi connectivity index (χ3v) is 7.51. The van der Waals surface area contributed by atoms with Crippen LogP contribution in [0.1, 0.15) is 31.4 Å². The number of aliphatic hydroxyl groups excluding tert-OH is 1. The molecule has 1 radical (unpaired) electrons. The molecule has 193 valence electrons. The first kappa shape index (κ1) is 28.8. The Hall–Kier alpha value is -2.42. The van der Waals surface area contributed by atoms with E-state index in [1.165, 1.54) is 0 Å². The summed E-state index contributed by atoms with van der Waals surface area (Å²) in [6.45, 7) is 8.47. The van der Waals surface area contributed by atoms with Crippen LogP contribution in [0.5, 0.6) is 5.75 Å². The number of rotatable bonds is 15. The van der Waals surface area contributed by atoms with Gasteiger partial charge in [0.15, 0.2) is 9.84 Å². The van der Waals surface area contributed by atoms with Crippen LogP contribution in [0.2, 0.25) is 0 Å². The van der Waals surface area contributed by atoms with Crippen LogP contribution in [0.15, 0.2) is 54.6 Å². The Kier molecular flexibility index (Phi) is 11.7. The topological polar surface area (TPSA) is 105 Å². The maximum atomic E-state index is 12.8. The SMILES string of the molecule is [CH2][C@H](CS(=O)(=O)CCC(C)C)C(=O)N[C@@H](Cc1ccccc1)[C@H](O)CNCc1cccc(OC)c1. The Balaban J connectivity index is 2.00. The maximum absolute atomic E-state index is 12.8. The van der Waals surface area contributed by atoms with E-state index in [0.29, 0.717) is 19.4 Å². The smallest absolute Gasteiger partial charge is 0.224 e. The van der Waals surface area contributed by atoms with E-state index in [9.17, 15) is 18.3 Å². The van der Waals surface area contributed by atoms with Gasteiger partial charge in [-0.3, -0.25) is 4.79 Å². The van der Waals surface area contributed by atoms with Gasteiger partial charge in [0, 0.05) is 13.1 Å². The molecule has 0 unspecified atom stereocenters. The number of hydrogen-bond donors (Lipinski definition) is 3. The minimum Gasteiger partial charge on any atom is -0.497 e. The van der Waals surface area contributed by atoms with Crippen molar-refractivity contribution in [2.45, 2.75) is 45.4 Å². The highest BCUT2D eigenvalue weighted by molar-refractivity contribution is 7.91. The molecule has 0 aliphatic heterocycles. The molecule has 2 rings (SSSR count). The molecule has 0 aliphatic rings. The summed E-state index contributed by atoms with van der Waals surface area (Å²) in [7, 11) is -1.79. The van der Waals surface area contributed by atoms with E-state index in [2.05, 4.69) is 17.6 Å². The van der Waals surface area contributed by atoms with E-state index in [1.54, 1.807) is 7.11 Å². The second kappa shape index (κ2) is 14.2. The van der Waals surface area contributed by atoms with Crippen LogP contribution in [-0.4, -0.2) is 56.7 Å². The minimum absolute atomic E-state index is 0.0359. The van der Waals surface area contributed by atoms with Crippen LogP contribution >= 0.6 is 0 Å². The maximum Gasteiger partial charge on any atom is 0.224 e. The van der Waals surface area contributed by atoms with Crippen molar-refractivity contribution in [2.24, 2.45) is 11.8 Å². The molecule has 0 heterocycles. The van der Waals surface area contributed by atoms with Crippen LogP contribution in [0.25, 0.3) is 0 Å². The van der Waals surface area contributed by atoms with Crippen molar-refractivity contribution >= 4 is 15.7 Å². The Morgan fingerprint density at radius 1 is 1.09 bits per heavy atom. The van der Waals surface area contributed by atoms with Crippen LogP contribution in [0.4, 0.5) is 0 Å². The lowest BCUT2D eigenvalue weighted by Crippen LogP contribution is -2.50. The molecule has 2 aromatic carbocycles. The second-order valence-corrected chi connectivity index (χ2v) is 11.6. The molecule has 0 bridgehead atoms. The standard InChI is InChI=1S/C27H39N2O5S/c1-20(2)13-14-35(32,33)19-21(3)27(31)29-25(16-22-9-6-5-7-10-22)26(30)18-28-17-23-11-8-12-24(15-23)34-4/h5-12,15,20-21,25-26,28,30H,3,13-14,16-19H2,1-2,4H3,(H,29,31)/t21-,25+,26-/m1/s1. The molecule has 35 heavy (non-hydrogen) atoms. The van der Waals surface area contributed by atoms with Gasteiger partial charge in [-0.25, -0.2) is 8.42 Å². The van der Waals surface area contributed by atoms with E-state index in [1.807, 2.05) is 68.4 Å². The fourth-order valence-electron chi connectivity index (χ4n) is 3.62. The first-order valence-electron chi connectivity index (χ1n) is 12.0. The molecular weight excluding hydrogens is 464 g/mol.